The maximum Gasteiger partial charge on any atom is 0.0745 e. The Morgan fingerprint density at radius 3 is 2.00 bits per heavy atom. The standard InChI is InChI=1S/C14H13N.C12H9N.C4H8O/c1-14(2)11-7-4-3-6-10(11)13-12(14)8-5-9-15-13;1-2-6-11-9(4-1)8-10-5-3-7-13-12(10)11;1-2-4-5-3-1/h3-9H,1-2H3;1-7H,8H2;1-4H2. The van der Waals surface area contributed by atoms with Gasteiger partial charge in [0.15, 0.2) is 0 Å². The molecule has 0 bridgehead atoms. The second kappa shape index (κ2) is 9.29. The van der Waals surface area contributed by atoms with Gasteiger partial charge in [0.1, 0.15) is 0 Å². The van der Waals surface area contributed by atoms with Crippen molar-refractivity contribution in [1.29, 1.82) is 0 Å². The number of rotatable bonds is 0. The second-order valence-corrected chi connectivity index (χ2v) is 9.23. The molecule has 1 aliphatic heterocycles. The number of hydrogen-bond donors (Lipinski definition) is 0. The molecule has 0 atom stereocenters. The van der Waals surface area contributed by atoms with Gasteiger partial charge in [-0.25, -0.2) is 0 Å². The molecule has 3 heterocycles. The molecule has 0 saturated carbocycles. The van der Waals surface area contributed by atoms with Crippen LogP contribution in [0.4, 0.5) is 0 Å². The van der Waals surface area contributed by atoms with Crippen LogP contribution in [0.1, 0.15) is 48.9 Å². The van der Waals surface area contributed by atoms with E-state index in [0.29, 0.717) is 0 Å². The van der Waals surface area contributed by atoms with Gasteiger partial charge < -0.3 is 4.74 Å². The third-order valence-electron chi connectivity index (χ3n) is 6.71. The predicted molar refractivity (Wildman–Crippen MR) is 134 cm³/mol. The molecule has 0 spiro atoms. The lowest BCUT2D eigenvalue weighted by Gasteiger charge is -2.20. The van der Waals surface area contributed by atoms with Crippen molar-refractivity contribution in [3.8, 4) is 22.5 Å². The fraction of sp³-hybridized carbons (Fsp3) is 0.267. The first-order chi connectivity index (χ1) is 16.2. The lowest BCUT2D eigenvalue weighted by atomic mass is 9.83. The molecule has 7 rings (SSSR count). The van der Waals surface area contributed by atoms with Crippen LogP contribution in [0, 0.1) is 0 Å². The Morgan fingerprint density at radius 1 is 0.636 bits per heavy atom. The smallest absolute Gasteiger partial charge is 0.0745 e. The van der Waals surface area contributed by atoms with Gasteiger partial charge in [0.2, 0.25) is 0 Å². The third-order valence-corrected chi connectivity index (χ3v) is 6.71. The summed E-state index contributed by atoms with van der Waals surface area (Å²) in [6.45, 7) is 6.53. The maximum atomic E-state index is 4.94. The molecule has 3 aliphatic rings. The first-order valence-electron chi connectivity index (χ1n) is 11.8. The summed E-state index contributed by atoms with van der Waals surface area (Å²) in [5.74, 6) is 0. The van der Waals surface area contributed by atoms with Crippen LogP contribution < -0.4 is 0 Å². The minimum atomic E-state index is 0.0974. The summed E-state index contributed by atoms with van der Waals surface area (Å²) >= 11 is 0. The average molecular weight is 435 g/mol. The quantitative estimate of drug-likeness (QED) is 0.268. The summed E-state index contributed by atoms with van der Waals surface area (Å²) in [5, 5.41) is 0. The van der Waals surface area contributed by atoms with E-state index < -0.39 is 0 Å². The predicted octanol–water partition coefficient (Wildman–Crippen LogP) is 6.84. The molecule has 4 aromatic rings. The summed E-state index contributed by atoms with van der Waals surface area (Å²) in [5.41, 5.74) is 10.5. The number of nitrogens with zero attached hydrogens (tertiary/aromatic N) is 2. The van der Waals surface area contributed by atoms with Gasteiger partial charge in [-0.2, -0.15) is 0 Å². The largest absolute Gasteiger partial charge is 0.381 e. The molecule has 2 aromatic heterocycles. The number of aromatic nitrogens is 2. The van der Waals surface area contributed by atoms with Crippen LogP contribution in [0.2, 0.25) is 0 Å². The lowest BCUT2D eigenvalue weighted by molar-refractivity contribution is 0.198. The van der Waals surface area contributed by atoms with E-state index >= 15 is 0 Å². The van der Waals surface area contributed by atoms with E-state index in [1.807, 2.05) is 24.5 Å². The van der Waals surface area contributed by atoms with E-state index in [4.69, 9.17) is 4.74 Å². The van der Waals surface area contributed by atoms with Crippen LogP contribution in [0.25, 0.3) is 22.5 Å². The van der Waals surface area contributed by atoms with Crippen LogP contribution in [-0.2, 0) is 16.6 Å². The van der Waals surface area contributed by atoms with Gasteiger partial charge in [0, 0.05) is 48.6 Å². The number of pyridine rings is 2. The Bertz CT molecular complexity index is 1160. The number of benzene rings is 2. The number of fused-ring (bicyclic) bond motifs is 6. The molecule has 2 aliphatic carbocycles. The van der Waals surface area contributed by atoms with Crippen molar-refractivity contribution in [1.82, 2.24) is 9.97 Å². The van der Waals surface area contributed by atoms with Crippen LogP contribution >= 0.6 is 0 Å². The Morgan fingerprint density at radius 2 is 1.24 bits per heavy atom. The molecule has 166 valence electrons. The zero-order valence-electron chi connectivity index (χ0n) is 19.4. The Labute approximate surface area is 196 Å². The van der Waals surface area contributed by atoms with Crippen molar-refractivity contribution in [2.75, 3.05) is 13.2 Å². The van der Waals surface area contributed by atoms with E-state index in [0.717, 1.165) is 31.0 Å². The summed E-state index contributed by atoms with van der Waals surface area (Å²) in [6, 6.07) is 25.4. The van der Waals surface area contributed by atoms with Crippen LogP contribution in [0.5, 0.6) is 0 Å². The molecule has 0 amide bonds. The summed E-state index contributed by atoms with van der Waals surface area (Å²) in [7, 11) is 0. The zero-order valence-corrected chi connectivity index (χ0v) is 19.4. The summed E-state index contributed by atoms with van der Waals surface area (Å²) in [4.78, 5) is 8.90. The van der Waals surface area contributed by atoms with Crippen LogP contribution in [0.15, 0.2) is 85.2 Å². The molecular weight excluding hydrogens is 404 g/mol. The van der Waals surface area contributed by atoms with Gasteiger partial charge in [-0.15, -0.1) is 0 Å². The Hall–Kier alpha value is -3.30. The fourth-order valence-corrected chi connectivity index (χ4v) is 4.95. The molecule has 1 fully saturated rings. The van der Waals surface area contributed by atoms with Gasteiger partial charge in [-0.05, 0) is 47.2 Å². The molecular formula is C30H30N2O. The highest BCUT2D eigenvalue weighted by atomic mass is 16.5. The highest BCUT2D eigenvalue weighted by Gasteiger charge is 2.35. The van der Waals surface area contributed by atoms with Crippen LogP contribution in [-0.4, -0.2) is 23.2 Å². The van der Waals surface area contributed by atoms with Crippen molar-refractivity contribution in [2.24, 2.45) is 0 Å². The number of ether oxygens (including phenoxy) is 1. The van der Waals surface area contributed by atoms with Crippen molar-refractivity contribution in [3.05, 3.63) is 107 Å². The Balaban J connectivity index is 0.000000116. The second-order valence-electron chi connectivity index (χ2n) is 9.23. The van der Waals surface area contributed by atoms with E-state index in [-0.39, 0.29) is 5.41 Å². The lowest BCUT2D eigenvalue weighted by Crippen LogP contribution is -2.14. The van der Waals surface area contributed by atoms with E-state index in [1.165, 1.54) is 46.2 Å². The van der Waals surface area contributed by atoms with Gasteiger partial charge in [-0.1, -0.05) is 74.5 Å². The van der Waals surface area contributed by atoms with Gasteiger partial charge >= 0.3 is 0 Å². The van der Waals surface area contributed by atoms with Gasteiger partial charge in [0.25, 0.3) is 0 Å². The molecule has 0 radical (unpaired) electrons. The SMILES string of the molecule is C1CCOC1.CC1(C)c2ccccc2-c2ncccc21.c1ccc2c(c1)Cc1cccnc1-2. The monoisotopic (exact) mass is 434 g/mol. The highest BCUT2D eigenvalue weighted by Crippen LogP contribution is 2.46. The van der Waals surface area contributed by atoms with Crippen LogP contribution in [0.3, 0.4) is 0 Å². The van der Waals surface area contributed by atoms with E-state index in [1.54, 1.807) is 0 Å². The van der Waals surface area contributed by atoms with Crippen molar-refractivity contribution in [3.63, 3.8) is 0 Å². The summed E-state index contributed by atoms with van der Waals surface area (Å²) in [6.07, 6.45) is 7.33. The van der Waals surface area contributed by atoms with Gasteiger partial charge in [0.05, 0.1) is 11.4 Å². The molecule has 2 aromatic carbocycles. The van der Waals surface area contributed by atoms with Gasteiger partial charge in [-0.3, -0.25) is 9.97 Å². The van der Waals surface area contributed by atoms with Crippen molar-refractivity contribution in [2.45, 2.75) is 38.5 Å². The topological polar surface area (TPSA) is 35.0 Å². The minimum Gasteiger partial charge on any atom is -0.381 e. The molecule has 33 heavy (non-hydrogen) atoms. The highest BCUT2D eigenvalue weighted by molar-refractivity contribution is 5.77. The molecule has 3 nitrogen and oxygen atoms in total. The normalized spacial score (nSPS) is 15.7. The minimum absolute atomic E-state index is 0.0974. The number of hydrogen-bond acceptors (Lipinski definition) is 3. The van der Waals surface area contributed by atoms with E-state index in [2.05, 4.69) is 84.5 Å². The molecule has 1 saturated heterocycles. The first kappa shape index (κ1) is 21.5. The maximum absolute atomic E-state index is 4.94. The molecule has 0 N–H and O–H groups in total. The third kappa shape index (κ3) is 4.21. The molecule has 0 unspecified atom stereocenters. The summed E-state index contributed by atoms with van der Waals surface area (Å²) < 4.78 is 4.94. The van der Waals surface area contributed by atoms with Crippen molar-refractivity contribution < 1.29 is 4.74 Å². The zero-order chi connectivity index (χ0) is 22.7. The average Bonchev–Trinajstić information content (AvgIpc) is 3.60. The Kier molecular flexibility index (Phi) is 6.06. The fourth-order valence-electron chi connectivity index (χ4n) is 4.95. The van der Waals surface area contributed by atoms with Crippen molar-refractivity contribution >= 4 is 0 Å². The molecule has 3 heteroatoms. The van der Waals surface area contributed by atoms with E-state index in [9.17, 15) is 0 Å². The first-order valence-corrected chi connectivity index (χ1v) is 11.8.